The van der Waals surface area contributed by atoms with Gasteiger partial charge in [0.2, 0.25) is 25.5 Å². The maximum atomic E-state index is 13.8. The number of hydrogen-bond donors (Lipinski definition) is 2. The number of sulfone groups is 2. The lowest BCUT2D eigenvalue weighted by Gasteiger charge is -2.10. The molecule has 13 nitrogen and oxygen atoms in total. The average molecular weight is 867 g/mol. The Morgan fingerprint density at radius 3 is 2.02 bits per heavy atom. The van der Waals surface area contributed by atoms with Crippen molar-refractivity contribution in [2.45, 2.75) is 39.6 Å². The van der Waals surface area contributed by atoms with E-state index < -0.39 is 25.5 Å². The summed E-state index contributed by atoms with van der Waals surface area (Å²) in [6, 6.07) is 32.7. The Kier molecular flexibility index (Phi) is 11.4. The first-order chi connectivity index (χ1) is 29.9. The van der Waals surface area contributed by atoms with Crippen molar-refractivity contribution in [1.29, 1.82) is 0 Å². The predicted molar refractivity (Wildman–Crippen MR) is 228 cm³/mol. The zero-order valence-electron chi connectivity index (χ0n) is 32.8. The van der Waals surface area contributed by atoms with E-state index in [0.29, 0.717) is 22.3 Å². The van der Waals surface area contributed by atoms with E-state index in [0.717, 1.165) is 21.9 Å². The number of imidazole rings is 1. The second-order valence-electron chi connectivity index (χ2n) is 14.0. The lowest BCUT2D eigenvalue weighted by molar-refractivity contribution is 0.0923. The topological polar surface area (TPSA) is 183 Å². The number of aromatic nitrogens is 4. The SMILES string of the molecule is Cc1c(F)cccc1S(=O)(=O)c1ccc(CNC(=O)c2cnc3nccn3c2)cc1.O=C(NCc1ccc(S(=O)(=O)c2cccc3ccccc23)cc1)c1cc2ccncc2o1. The molecule has 0 saturated carbocycles. The molecule has 16 heteroatoms. The van der Waals surface area contributed by atoms with E-state index in [1.807, 2.05) is 24.3 Å². The van der Waals surface area contributed by atoms with Crippen LogP contribution in [-0.2, 0) is 32.8 Å². The van der Waals surface area contributed by atoms with Gasteiger partial charge in [-0.1, -0.05) is 66.7 Å². The number of carbonyl (C=O) groups excluding carboxylic acids is 2. The van der Waals surface area contributed by atoms with Crippen LogP contribution in [0, 0.1) is 12.7 Å². The summed E-state index contributed by atoms with van der Waals surface area (Å²) < 4.78 is 72.9. The number of benzene rings is 5. The first-order valence-corrected chi connectivity index (χ1v) is 21.9. The quantitative estimate of drug-likeness (QED) is 0.138. The summed E-state index contributed by atoms with van der Waals surface area (Å²) in [6.07, 6.45) is 9.54. The molecule has 2 N–H and O–H groups in total. The molecular weight excluding hydrogens is 832 g/mol. The van der Waals surface area contributed by atoms with Gasteiger partial charge in [-0.3, -0.25) is 19.0 Å². The summed E-state index contributed by atoms with van der Waals surface area (Å²) in [5.41, 5.74) is 2.49. The van der Waals surface area contributed by atoms with E-state index in [1.54, 1.807) is 102 Å². The van der Waals surface area contributed by atoms with Crippen LogP contribution < -0.4 is 10.6 Å². The molecular formula is C46H35FN6O7S2. The second-order valence-corrected chi connectivity index (χ2v) is 17.8. The summed E-state index contributed by atoms with van der Waals surface area (Å²) >= 11 is 0. The molecule has 9 rings (SSSR count). The van der Waals surface area contributed by atoms with Crippen LogP contribution in [0.2, 0.25) is 0 Å². The Bertz CT molecular complexity index is 3310. The zero-order valence-corrected chi connectivity index (χ0v) is 34.4. The first-order valence-electron chi connectivity index (χ1n) is 19.0. The fraction of sp³-hybridized carbons (Fsp3) is 0.0652. The molecule has 9 aromatic rings. The van der Waals surface area contributed by atoms with Gasteiger partial charge < -0.3 is 15.1 Å². The second kappa shape index (κ2) is 17.2. The molecule has 5 aromatic carbocycles. The Hall–Kier alpha value is -7.56. The lowest BCUT2D eigenvalue weighted by Crippen LogP contribution is -2.23. The zero-order chi connectivity index (χ0) is 43.4. The van der Waals surface area contributed by atoms with E-state index >= 15 is 0 Å². The number of pyridine rings is 1. The monoisotopic (exact) mass is 866 g/mol. The highest BCUT2D eigenvalue weighted by molar-refractivity contribution is 7.92. The molecule has 2 amide bonds. The summed E-state index contributed by atoms with van der Waals surface area (Å²) in [7, 11) is -7.52. The molecule has 0 atom stereocenters. The molecule has 0 aliphatic rings. The van der Waals surface area contributed by atoms with E-state index in [2.05, 4.69) is 25.6 Å². The van der Waals surface area contributed by atoms with Crippen molar-refractivity contribution in [1.82, 2.24) is 30.0 Å². The van der Waals surface area contributed by atoms with Gasteiger partial charge in [-0.05, 0) is 78.0 Å². The summed E-state index contributed by atoms with van der Waals surface area (Å²) in [5, 5.41) is 7.91. The van der Waals surface area contributed by atoms with Crippen molar-refractivity contribution in [3.05, 3.63) is 192 Å². The molecule has 0 aliphatic carbocycles. The Morgan fingerprint density at radius 2 is 1.31 bits per heavy atom. The molecule has 310 valence electrons. The Balaban J connectivity index is 0.000000171. The van der Waals surface area contributed by atoms with Crippen LogP contribution in [0.1, 0.15) is 37.6 Å². The third-order valence-electron chi connectivity index (χ3n) is 9.97. The number of fused-ring (bicyclic) bond motifs is 3. The minimum Gasteiger partial charge on any atom is -0.449 e. The van der Waals surface area contributed by atoms with Crippen LogP contribution in [-0.4, -0.2) is 48.0 Å². The normalized spacial score (nSPS) is 11.6. The van der Waals surface area contributed by atoms with Crippen LogP contribution in [0.5, 0.6) is 0 Å². The molecule has 4 aromatic heterocycles. The molecule has 0 saturated heterocycles. The van der Waals surface area contributed by atoms with Crippen molar-refractivity contribution in [3.8, 4) is 0 Å². The van der Waals surface area contributed by atoms with Crippen molar-refractivity contribution in [2.24, 2.45) is 0 Å². The lowest BCUT2D eigenvalue weighted by atomic mass is 10.1. The van der Waals surface area contributed by atoms with E-state index in [4.69, 9.17) is 4.42 Å². The van der Waals surface area contributed by atoms with Crippen LogP contribution in [0.15, 0.2) is 183 Å². The molecule has 0 unspecified atom stereocenters. The van der Waals surface area contributed by atoms with Crippen LogP contribution in [0.3, 0.4) is 0 Å². The highest BCUT2D eigenvalue weighted by Gasteiger charge is 2.22. The van der Waals surface area contributed by atoms with Crippen LogP contribution in [0.25, 0.3) is 27.5 Å². The number of halogens is 1. The summed E-state index contributed by atoms with van der Waals surface area (Å²) in [5.74, 6) is -0.544. The average Bonchev–Trinajstić information content (AvgIpc) is 3.96. The fourth-order valence-electron chi connectivity index (χ4n) is 6.62. The number of nitrogens with zero attached hydrogens (tertiary/aromatic N) is 4. The van der Waals surface area contributed by atoms with Gasteiger partial charge in [-0.15, -0.1) is 0 Å². The van der Waals surface area contributed by atoms with Gasteiger partial charge in [-0.25, -0.2) is 31.2 Å². The highest BCUT2D eigenvalue weighted by Crippen LogP contribution is 2.29. The van der Waals surface area contributed by atoms with Gasteiger partial charge in [0.15, 0.2) is 11.3 Å². The molecule has 0 radical (unpaired) electrons. The third kappa shape index (κ3) is 8.54. The van der Waals surface area contributed by atoms with Gasteiger partial charge >= 0.3 is 0 Å². The van der Waals surface area contributed by atoms with E-state index in [9.17, 15) is 30.8 Å². The molecule has 62 heavy (non-hydrogen) atoms. The Labute approximate surface area is 354 Å². The minimum absolute atomic E-state index is 0.0565. The largest absolute Gasteiger partial charge is 0.449 e. The molecule has 0 fully saturated rings. The van der Waals surface area contributed by atoms with Gasteiger partial charge in [-0.2, -0.15) is 0 Å². The van der Waals surface area contributed by atoms with Crippen LogP contribution >= 0.6 is 0 Å². The third-order valence-corrected chi connectivity index (χ3v) is 13.7. The molecule has 0 bridgehead atoms. The van der Waals surface area contributed by atoms with Crippen LogP contribution in [0.4, 0.5) is 4.39 Å². The van der Waals surface area contributed by atoms with E-state index in [1.165, 1.54) is 43.5 Å². The van der Waals surface area contributed by atoms with Crippen molar-refractivity contribution in [3.63, 3.8) is 0 Å². The van der Waals surface area contributed by atoms with Crippen molar-refractivity contribution in [2.75, 3.05) is 0 Å². The smallest absolute Gasteiger partial charge is 0.287 e. The van der Waals surface area contributed by atoms with Gasteiger partial charge in [0.1, 0.15) is 5.82 Å². The van der Waals surface area contributed by atoms with Gasteiger partial charge in [0, 0.05) is 60.4 Å². The van der Waals surface area contributed by atoms with Crippen molar-refractivity contribution >= 4 is 59.0 Å². The highest BCUT2D eigenvalue weighted by atomic mass is 32.2. The standard InChI is InChI=1S/C25H18N2O4S.C21H17FN4O3S/c28-25(22-14-19-12-13-26-16-23(19)31-22)27-15-17-8-10-20(11-9-17)32(29,30)24-7-3-5-18-4-1-2-6-21(18)24;1-14-18(22)3-2-4-19(14)30(28,29)17-7-5-15(6-8-17)11-24-20(27)16-12-25-21-23-9-10-26(21)13-16/h1-14,16H,15H2,(H,27,28);2-10,12-13H,11H2,1H3,(H,24,27). The maximum absolute atomic E-state index is 13.8. The number of hydrogen-bond acceptors (Lipinski definition) is 10. The minimum atomic E-state index is -3.84. The van der Waals surface area contributed by atoms with Gasteiger partial charge in [0.05, 0.1) is 31.3 Å². The Morgan fingerprint density at radius 1 is 0.677 bits per heavy atom. The number of furan rings is 1. The first kappa shape index (κ1) is 41.2. The van der Waals surface area contributed by atoms with Crippen molar-refractivity contribution < 1.29 is 35.2 Å². The predicted octanol–water partition coefficient (Wildman–Crippen LogP) is 7.68. The van der Waals surface area contributed by atoms with E-state index in [-0.39, 0.29) is 55.8 Å². The molecule has 4 heterocycles. The molecule has 0 aliphatic heterocycles. The number of carbonyl (C=O) groups is 2. The summed E-state index contributed by atoms with van der Waals surface area (Å²) in [4.78, 5) is 37.3. The maximum Gasteiger partial charge on any atom is 0.287 e. The number of nitrogens with one attached hydrogen (secondary N) is 2. The summed E-state index contributed by atoms with van der Waals surface area (Å²) in [6.45, 7) is 1.88. The molecule has 0 spiro atoms. The fourth-order valence-corrected chi connectivity index (χ4v) is 9.61. The number of amides is 2. The number of rotatable bonds is 10. The van der Waals surface area contributed by atoms with Gasteiger partial charge in [0.25, 0.3) is 11.8 Å².